The first-order valence-corrected chi connectivity index (χ1v) is 12.6. The normalized spacial score (nSPS) is 11.3. The Bertz CT molecular complexity index is 1450. The van der Waals surface area contributed by atoms with Crippen LogP contribution < -0.4 is 15.2 Å². The van der Waals surface area contributed by atoms with Crippen molar-refractivity contribution in [1.82, 2.24) is 0 Å². The maximum absolute atomic E-state index is 12.9. The summed E-state index contributed by atoms with van der Waals surface area (Å²) in [4.78, 5) is 13.8. The van der Waals surface area contributed by atoms with Crippen LogP contribution in [0, 0.1) is 0 Å². The minimum atomic E-state index is -3.97. The number of carbonyl (C=O) groups is 1. The number of anilines is 1. The third kappa shape index (κ3) is 4.87. The number of carbonyl (C=O) groups excluding carboxylic acids is 1. The van der Waals surface area contributed by atoms with Crippen molar-refractivity contribution in [2.45, 2.75) is 11.5 Å². The van der Waals surface area contributed by atoms with Gasteiger partial charge in [0.1, 0.15) is 10.6 Å². The molecule has 4 N–H and O–H groups in total. The molecule has 34 heavy (non-hydrogen) atoms. The molecular formula is C25H22N2O5S2. The molecule has 0 aliphatic carbocycles. The minimum Gasteiger partial charge on any atom is -0.495 e. The fraction of sp³-hybridized carbons (Fsp3) is 0.0800. The number of aliphatic hydroxyl groups excluding tert-OH is 1. The maximum Gasteiger partial charge on any atom is 0.255 e. The molecule has 0 fully saturated rings. The molecule has 174 valence electrons. The Morgan fingerprint density at radius 1 is 1.00 bits per heavy atom. The average molecular weight is 495 g/mol. The number of methoxy groups -OCH3 is 1. The van der Waals surface area contributed by atoms with Crippen molar-refractivity contribution >= 4 is 33.0 Å². The molecule has 0 aliphatic rings. The zero-order valence-electron chi connectivity index (χ0n) is 18.2. The van der Waals surface area contributed by atoms with E-state index in [-0.39, 0.29) is 17.3 Å². The predicted octanol–water partition coefficient (Wildman–Crippen LogP) is 4.48. The standard InChI is InChI=1S/C25H22N2O5S2/c1-32-22-14-18(9-11-24(22)34(26,30)31)27-25(29)16-8-10-19(17(13-16)15-28)20-5-2-3-6-21(20)23-7-4-12-33-23/h2-14,28H,15H2,1H3,(H,27,29)(H2,26,30,31). The zero-order chi connectivity index (χ0) is 24.3. The van der Waals surface area contributed by atoms with Crippen molar-refractivity contribution in [2.75, 3.05) is 12.4 Å². The van der Waals surface area contributed by atoms with Crippen molar-refractivity contribution in [3.05, 3.63) is 89.3 Å². The molecule has 1 amide bonds. The monoisotopic (exact) mass is 494 g/mol. The number of ether oxygens (including phenoxy) is 1. The van der Waals surface area contributed by atoms with Gasteiger partial charge in [0.05, 0.1) is 13.7 Å². The van der Waals surface area contributed by atoms with Crippen LogP contribution >= 0.6 is 11.3 Å². The van der Waals surface area contributed by atoms with Crippen LogP contribution in [0.5, 0.6) is 5.75 Å². The third-order valence-corrected chi connectivity index (χ3v) is 7.12. The Labute approximate surface area is 201 Å². The molecule has 0 atom stereocenters. The lowest BCUT2D eigenvalue weighted by atomic mass is 9.93. The number of aliphatic hydroxyl groups is 1. The van der Waals surface area contributed by atoms with Gasteiger partial charge in [-0.05, 0) is 58.0 Å². The van der Waals surface area contributed by atoms with Crippen LogP contribution in [0.4, 0.5) is 5.69 Å². The summed E-state index contributed by atoms with van der Waals surface area (Å²) in [6.45, 7) is -0.244. The molecule has 0 unspecified atom stereocenters. The van der Waals surface area contributed by atoms with Gasteiger partial charge >= 0.3 is 0 Å². The van der Waals surface area contributed by atoms with Gasteiger partial charge in [-0.15, -0.1) is 11.3 Å². The van der Waals surface area contributed by atoms with E-state index in [1.165, 1.54) is 25.3 Å². The largest absolute Gasteiger partial charge is 0.495 e. The van der Waals surface area contributed by atoms with E-state index in [0.29, 0.717) is 16.8 Å². The van der Waals surface area contributed by atoms with Gasteiger partial charge in [0, 0.05) is 22.2 Å². The van der Waals surface area contributed by atoms with E-state index in [1.54, 1.807) is 23.5 Å². The SMILES string of the molecule is COc1cc(NC(=O)c2ccc(-c3ccccc3-c3cccs3)c(CO)c2)ccc1S(N)(=O)=O. The first-order valence-electron chi connectivity index (χ1n) is 10.2. The second-order valence-electron chi connectivity index (χ2n) is 7.42. The first-order chi connectivity index (χ1) is 16.3. The van der Waals surface area contributed by atoms with Crippen LogP contribution in [0.25, 0.3) is 21.6 Å². The number of nitrogens with one attached hydrogen (secondary N) is 1. The molecule has 1 heterocycles. The summed E-state index contributed by atoms with van der Waals surface area (Å²) >= 11 is 1.63. The fourth-order valence-corrected chi connectivity index (χ4v) is 5.12. The molecule has 0 spiro atoms. The molecule has 4 aromatic rings. The number of nitrogens with two attached hydrogens (primary N) is 1. The second-order valence-corrected chi connectivity index (χ2v) is 9.90. The highest BCUT2D eigenvalue weighted by Crippen LogP contribution is 2.36. The quantitative estimate of drug-likeness (QED) is 0.350. The number of primary sulfonamides is 1. The van der Waals surface area contributed by atoms with Gasteiger partial charge in [-0.1, -0.05) is 36.4 Å². The Kier molecular flexibility index (Phi) is 6.80. The Balaban J connectivity index is 1.65. The highest BCUT2D eigenvalue weighted by Gasteiger charge is 2.17. The maximum atomic E-state index is 12.9. The average Bonchev–Trinajstić information content (AvgIpc) is 3.37. The van der Waals surface area contributed by atoms with E-state index in [1.807, 2.05) is 47.8 Å². The molecule has 1 aromatic heterocycles. The molecule has 0 bridgehead atoms. The summed E-state index contributed by atoms with van der Waals surface area (Å²) in [5.74, 6) is -0.393. The summed E-state index contributed by atoms with van der Waals surface area (Å²) in [5, 5.41) is 20.0. The Morgan fingerprint density at radius 3 is 2.41 bits per heavy atom. The van der Waals surface area contributed by atoms with E-state index in [9.17, 15) is 18.3 Å². The molecule has 0 saturated carbocycles. The topological polar surface area (TPSA) is 119 Å². The zero-order valence-corrected chi connectivity index (χ0v) is 19.8. The number of sulfonamides is 1. The molecule has 7 nitrogen and oxygen atoms in total. The molecular weight excluding hydrogens is 472 g/mol. The number of rotatable bonds is 7. The highest BCUT2D eigenvalue weighted by molar-refractivity contribution is 7.89. The fourth-order valence-electron chi connectivity index (χ4n) is 3.68. The molecule has 0 radical (unpaired) electrons. The number of benzene rings is 3. The van der Waals surface area contributed by atoms with Gasteiger partial charge in [-0.3, -0.25) is 4.79 Å². The van der Waals surface area contributed by atoms with Crippen molar-refractivity contribution in [3.63, 3.8) is 0 Å². The summed E-state index contributed by atoms with van der Waals surface area (Å²) < 4.78 is 28.4. The van der Waals surface area contributed by atoms with Gasteiger partial charge in [-0.2, -0.15) is 0 Å². The minimum absolute atomic E-state index is 0.0249. The van der Waals surface area contributed by atoms with E-state index < -0.39 is 15.9 Å². The first kappa shape index (κ1) is 23.7. The van der Waals surface area contributed by atoms with Gasteiger partial charge in [-0.25, -0.2) is 13.6 Å². The molecule has 9 heteroatoms. The third-order valence-electron chi connectivity index (χ3n) is 5.27. The predicted molar refractivity (Wildman–Crippen MR) is 133 cm³/mol. The summed E-state index contributed by atoms with van der Waals surface area (Å²) in [6.07, 6.45) is 0. The lowest BCUT2D eigenvalue weighted by Crippen LogP contribution is -2.15. The Hall–Kier alpha value is -3.50. The summed E-state index contributed by atoms with van der Waals surface area (Å²) in [6, 6.07) is 21.2. The number of amides is 1. The van der Waals surface area contributed by atoms with Crippen molar-refractivity contribution < 1.29 is 23.1 Å². The second kappa shape index (κ2) is 9.78. The molecule has 0 saturated heterocycles. The number of thiophene rings is 1. The summed E-state index contributed by atoms with van der Waals surface area (Å²) in [7, 11) is -2.65. The van der Waals surface area contributed by atoms with Crippen LogP contribution in [0.15, 0.2) is 83.1 Å². The highest BCUT2D eigenvalue weighted by atomic mass is 32.2. The van der Waals surface area contributed by atoms with Crippen molar-refractivity contribution in [1.29, 1.82) is 0 Å². The molecule has 3 aromatic carbocycles. The van der Waals surface area contributed by atoms with Crippen LogP contribution in [0.2, 0.25) is 0 Å². The Morgan fingerprint density at radius 2 is 1.76 bits per heavy atom. The van der Waals surface area contributed by atoms with Gasteiger partial charge < -0.3 is 15.2 Å². The molecule has 4 rings (SSSR count). The van der Waals surface area contributed by atoms with E-state index >= 15 is 0 Å². The molecule has 0 aliphatic heterocycles. The van der Waals surface area contributed by atoms with Crippen LogP contribution in [0.1, 0.15) is 15.9 Å². The van der Waals surface area contributed by atoms with Crippen LogP contribution in [-0.2, 0) is 16.6 Å². The smallest absolute Gasteiger partial charge is 0.255 e. The van der Waals surface area contributed by atoms with Gasteiger partial charge in [0.2, 0.25) is 10.0 Å². The van der Waals surface area contributed by atoms with Crippen molar-refractivity contribution in [2.24, 2.45) is 5.14 Å². The number of hydrogen-bond acceptors (Lipinski definition) is 6. The van der Waals surface area contributed by atoms with E-state index in [2.05, 4.69) is 5.32 Å². The lowest BCUT2D eigenvalue weighted by Gasteiger charge is -2.14. The van der Waals surface area contributed by atoms with E-state index in [0.717, 1.165) is 21.6 Å². The van der Waals surface area contributed by atoms with E-state index in [4.69, 9.17) is 9.88 Å². The van der Waals surface area contributed by atoms with Crippen LogP contribution in [0.3, 0.4) is 0 Å². The van der Waals surface area contributed by atoms with Crippen LogP contribution in [-0.4, -0.2) is 26.5 Å². The van der Waals surface area contributed by atoms with Crippen molar-refractivity contribution in [3.8, 4) is 27.3 Å². The number of hydrogen-bond donors (Lipinski definition) is 3. The summed E-state index contributed by atoms with van der Waals surface area (Å²) in [5.41, 5.74) is 4.14. The lowest BCUT2D eigenvalue weighted by molar-refractivity contribution is 0.102. The van der Waals surface area contributed by atoms with Gasteiger partial charge in [0.15, 0.2) is 0 Å². The van der Waals surface area contributed by atoms with Gasteiger partial charge in [0.25, 0.3) is 5.91 Å².